The number of nitrogens with zero attached hydrogens (tertiary/aromatic N) is 6. The number of carbonyl (C=O) groups excluding carboxylic acids is 2. The highest BCUT2D eigenvalue weighted by molar-refractivity contribution is 7.80. The number of ether oxygens (including phenoxy) is 2. The maximum atomic E-state index is 13.2. The monoisotopic (exact) mass is 866 g/mol. The standard InChI is InChI=1S/C43H41ClN6O8S2/c1-57-35-21-15-30(16-22-35)31-5-2-6-34(23-31)50(60(55)56)41-10-4-8-39-37(41)25-46-48(39)27-43(52)58-42(51)26-47-38-7-3-9-40(36(38)24-45-47)49(59(53)54)33-19-13-29(14-20-33)28-11-17-32(44)18-12-28/h2,5-6,11-25,40-41H,3-4,7-10,26-27H2,1H3,(H,53,54)(H,55,56)/p-2. The summed E-state index contributed by atoms with van der Waals surface area (Å²) >= 11 is 0.783. The Balaban J connectivity index is 0.933. The van der Waals surface area contributed by atoms with Crippen molar-refractivity contribution in [2.45, 2.75) is 63.7 Å². The van der Waals surface area contributed by atoms with Gasteiger partial charge in [-0.1, -0.05) is 60.1 Å². The zero-order chi connectivity index (χ0) is 41.9. The average Bonchev–Trinajstić information content (AvgIpc) is 3.86. The van der Waals surface area contributed by atoms with Crippen LogP contribution in [0.4, 0.5) is 11.4 Å². The summed E-state index contributed by atoms with van der Waals surface area (Å²) in [6, 6.07) is 28.2. The van der Waals surface area contributed by atoms with E-state index in [1.54, 1.807) is 55.9 Å². The van der Waals surface area contributed by atoms with E-state index < -0.39 is 46.6 Å². The molecule has 60 heavy (non-hydrogen) atoms. The van der Waals surface area contributed by atoms with Gasteiger partial charge in [-0.05, 0) is 109 Å². The van der Waals surface area contributed by atoms with Crippen LogP contribution in [0.1, 0.15) is 60.3 Å². The van der Waals surface area contributed by atoms with Crippen LogP contribution >= 0.6 is 11.6 Å². The van der Waals surface area contributed by atoms with E-state index in [1.165, 1.54) is 18.0 Å². The highest BCUT2D eigenvalue weighted by atomic mass is 35.5. The molecule has 14 nitrogen and oxygen atoms in total. The van der Waals surface area contributed by atoms with Crippen molar-refractivity contribution in [1.29, 1.82) is 0 Å². The molecule has 4 atom stereocenters. The number of fused-ring (bicyclic) bond motifs is 2. The SMILES string of the molecule is COc1ccc(-c2cccc(N(C3CCCc4c3cnn4CC(=O)OC(=O)Cn3ncc4c3CCCC4N(c3ccc(-c4ccc(Cl)cc4)cc3)S(=O)[O-])S(=O)[O-])c2)cc1. The summed E-state index contributed by atoms with van der Waals surface area (Å²) in [5.74, 6) is -0.959. The third-order valence-corrected chi connectivity index (χ3v) is 12.8. The van der Waals surface area contributed by atoms with Gasteiger partial charge in [0.05, 0.1) is 31.6 Å². The van der Waals surface area contributed by atoms with Crippen LogP contribution < -0.4 is 13.3 Å². The molecule has 0 radical (unpaired) electrons. The minimum Gasteiger partial charge on any atom is -0.755 e. The van der Waals surface area contributed by atoms with Crippen molar-refractivity contribution in [2.24, 2.45) is 0 Å². The largest absolute Gasteiger partial charge is 0.755 e. The van der Waals surface area contributed by atoms with Gasteiger partial charge in [0.15, 0.2) is 0 Å². The van der Waals surface area contributed by atoms with Gasteiger partial charge in [-0.25, -0.2) is 9.59 Å². The first-order chi connectivity index (χ1) is 29.1. The van der Waals surface area contributed by atoms with Gasteiger partial charge < -0.3 is 18.6 Å². The van der Waals surface area contributed by atoms with Crippen LogP contribution in [0.3, 0.4) is 0 Å². The maximum absolute atomic E-state index is 13.2. The van der Waals surface area contributed by atoms with Crippen LogP contribution in [0.5, 0.6) is 5.75 Å². The van der Waals surface area contributed by atoms with Crippen molar-refractivity contribution in [3.8, 4) is 28.0 Å². The molecular weight excluding hydrogens is 828 g/mol. The summed E-state index contributed by atoms with van der Waals surface area (Å²) in [6.45, 7) is -0.717. The van der Waals surface area contributed by atoms with E-state index in [4.69, 9.17) is 21.1 Å². The van der Waals surface area contributed by atoms with E-state index in [-0.39, 0.29) is 13.1 Å². The third kappa shape index (κ3) is 8.65. The third-order valence-electron chi connectivity index (χ3n) is 11.0. The highest BCUT2D eigenvalue weighted by Crippen LogP contribution is 2.40. The lowest BCUT2D eigenvalue weighted by atomic mass is 9.92. The van der Waals surface area contributed by atoms with Crippen molar-refractivity contribution >= 4 is 57.4 Å². The molecule has 8 rings (SSSR count). The number of aromatic nitrogens is 4. The minimum atomic E-state index is -2.64. The summed E-state index contributed by atoms with van der Waals surface area (Å²) < 4.78 is 67.0. The number of hydrogen-bond acceptors (Lipinski definition) is 10. The van der Waals surface area contributed by atoms with E-state index in [1.807, 2.05) is 60.7 Å². The summed E-state index contributed by atoms with van der Waals surface area (Å²) in [5.41, 5.74) is 7.25. The van der Waals surface area contributed by atoms with Crippen LogP contribution in [0.2, 0.25) is 5.02 Å². The number of anilines is 2. The molecule has 0 N–H and O–H groups in total. The first kappa shape index (κ1) is 41.1. The van der Waals surface area contributed by atoms with E-state index in [2.05, 4.69) is 10.2 Å². The van der Waals surface area contributed by atoms with Crippen molar-refractivity contribution in [1.82, 2.24) is 19.6 Å². The summed E-state index contributed by atoms with van der Waals surface area (Å²) in [7, 11) is 1.59. The molecule has 0 spiro atoms. The Morgan fingerprint density at radius 2 is 1.18 bits per heavy atom. The van der Waals surface area contributed by atoms with Gasteiger partial charge in [-0.15, -0.1) is 0 Å². The Hall–Kier alpha value is -5.65. The minimum absolute atomic E-state index is 0.358. The molecule has 0 fully saturated rings. The molecule has 0 saturated carbocycles. The van der Waals surface area contributed by atoms with Crippen molar-refractivity contribution in [3.63, 3.8) is 0 Å². The predicted octanol–water partition coefficient (Wildman–Crippen LogP) is 7.20. The normalized spacial score (nSPS) is 16.9. The number of benzene rings is 4. The van der Waals surface area contributed by atoms with E-state index in [0.717, 1.165) is 22.3 Å². The molecule has 0 bridgehead atoms. The molecule has 0 aliphatic heterocycles. The summed E-state index contributed by atoms with van der Waals surface area (Å²) in [5, 5.41) is 9.45. The zero-order valence-corrected chi connectivity index (χ0v) is 34.7. The van der Waals surface area contributed by atoms with E-state index >= 15 is 0 Å². The van der Waals surface area contributed by atoms with Crippen molar-refractivity contribution in [3.05, 3.63) is 137 Å². The van der Waals surface area contributed by atoms with Gasteiger partial charge in [-0.3, -0.25) is 26.4 Å². The highest BCUT2D eigenvalue weighted by Gasteiger charge is 2.33. The van der Waals surface area contributed by atoms with Crippen LogP contribution in [-0.4, -0.2) is 56.1 Å². The van der Waals surface area contributed by atoms with Gasteiger partial charge in [0.2, 0.25) is 0 Å². The molecule has 6 aromatic rings. The van der Waals surface area contributed by atoms with E-state index in [9.17, 15) is 27.1 Å². The van der Waals surface area contributed by atoms with Crippen LogP contribution in [-0.2, 0) is 62.8 Å². The lowest BCUT2D eigenvalue weighted by Crippen LogP contribution is -2.33. The fraction of sp³-hybridized carbons (Fsp3) is 0.256. The number of carbonyl (C=O) groups is 2. The number of rotatable bonds is 13. The van der Waals surface area contributed by atoms with Gasteiger partial charge in [-0.2, -0.15) is 10.2 Å². The van der Waals surface area contributed by atoms with Gasteiger partial charge in [0, 0.05) is 61.4 Å². The predicted molar refractivity (Wildman–Crippen MR) is 225 cm³/mol. The van der Waals surface area contributed by atoms with Crippen molar-refractivity contribution < 1.29 is 36.6 Å². The lowest BCUT2D eigenvalue weighted by Gasteiger charge is -2.37. The fourth-order valence-electron chi connectivity index (χ4n) is 8.18. The first-order valence-corrected chi connectivity index (χ1v) is 21.7. The first-order valence-electron chi connectivity index (χ1n) is 19.3. The van der Waals surface area contributed by atoms with Crippen LogP contribution in [0.15, 0.2) is 109 Å². The number of esters is 2. The van der Waals surface area contributed by atoms with Gasteiger partial charge >= 0.3 is 11.9 Å². The second kappa shape index (κ2) is 17.9. The Labute approximate surface area is 356 Å². The topological polar surface area (TPSA) is 175 Å². The molecule has 2 heterocycles. The Kier molecular flexibility index (Phi) is 12.3. The fourth-order valence-corrected chi connectivity index (χ4v) is 9.73. The van der Waals surface area contributed by atoms with Crippen molar-refractivity contribution in [2.75, 3.05) is 15.7 Å². The molecule has 0 saturated heterocycles. The number of halogens is 1. The molecular formula is C43H39ClN6O8S2-2. The van der Waals surface area contributed by atoms with Crippen LogP contribution in [0.25, 0.3) is 22.3 Å². The second-order valence-corrected chi connectivity index (χ2v) is 16.6. The summed E-state index contributed by atoms with van der Waals surface area (Å²) in [4.78, 5) is 26.3. The lowest BCUT2D eigenvalue weighted by molar-refractivity contribution is -0.160. The molecule has 2 aromatic heterocycles. The van der Waals surface area contributed by atoms with E-state index in [0.29, 0.717) is 83.2 Å². The quantitative estimate of drug-likeness (QED) is 0.0656. The van der Waals surface area contributed by atoms with Gasteiger partial charge in [0.25, 0.3) is 0 Å². The van der Waals surface area contributed by atoms with Crippen LogP contribution in [0, 0.1) is 0 Å². The zero-order valence-electron chi connectivity index (χ0n) is 32.3. The Morgan fingerprint density at radius 3 is 1.70 bits per heavy atom. The Morgan fingerprint density at radius 1 is 0.700 bits per heavy atom. The molecule has 2 aliphatic rings. The molecule has 4 aromatic carbocycles. The molecule has 310 valence electrons. The number of methoxy groups -OCH3 is 1. The average molecular weight is 867 g/mol. The van der Waals surface area contributed by atoms with Gasteiger partial charge in [0.1, 0.15) is 18.8 Å². The number of hydrogen-bond donors (Lipinski definition) is 0. The molecule has 4 unspecified atom stereocenters. The smallest absolute Gasteiger partial charge is 0.335 e. The second-order valence-electron chi connectivity index (χ2n) is 14.5. The molecule has 0 amide bonds. The Bertz CT molecular complexity index is 2560. The molecule has 17 heteroatoms. The maximum Gasteiger partial charge on any atom is 0.335 e. The summed E-state index contributed by atoms with van der Waals surface area (Å²) in [6.07, 6.45) is 6.61. The molecule has 2 aliphatic carbocycles.